The van der Waals surface area contributed by atoms with E-state index in [0.717, 1.165) is 25.7 Å². The minimum absolute atomic E-state index is 0.0365. The average molecular weight is 277 g/mol. The molecule has 0 radical (unpaired) electrons. The molecule has 2 atom stereocenters. The van der Waals surface area contributed by atoms with Crippen LogP contribution in [-0.2, 0) is 0 Å². The van der Waals surface area contributed by atoms with Crippen molar-refractivity contribution in [2.75, 3.05) is 5.32 Å². The van der Waals surface area contributed by atoms with Crippen LogP contribution in [0.3, 0.4) is 0 Å². The maximum Gasteiger partial charge on any atom is 0.166 e. The van der Waals surface area contributed by atoms with Crippen molar-refractivity contribution in [1.29, 1.82) is 0 Å². The highest BCUT2D eigenvalue weighted by Gasteiger charge is 2.22. The van der Waals surface area contributed by atoms with Gasteiger partial charge in [0.15, 0.2) is 11.6 Å². The van der Waals surface area contributed by atoms with E-state index in [1.54, 1.807) is 0 Å². The lowest BCUT2D eigenvalue weighted by Crippen LogP contribution is -2.29. The zero-order valence-corrected chi connectivity index (χ0v) is 10.9. The van der Waals surface area contributed by atoms with E-state index in [2.05, 4.69) is 10.3 Å². The van der Waals surface area contributed by atoms with Gasteiger partial charge in [0.05, 0.1) is 10.4 Å². The number of hydrogen-bond acceptors (Lipinski definition) is 2. The molecule has 94 valence electrons. The molecular weight excluding hydrogens is 262 g/mol. The lowest BCUT2D eigenvalue weighted by Gasteiger charge is -2.21. The summed E-state index contributed by atoms with van der Waals surface area (Å²) in [7, 11) is 0. The van der Waals surface area contributed by atoms with Crippen molar-refractivity contribution in [1.82, 2.24) is 4.98 Å². The smallest absolute Gasteiger partial charge is 0.166 e. The molecule has 1 aliphatic rings. The molecule has 5 heteroatoms. The summed E-state index contributed by atoms with van der Waals surface area (Å²) in [5.41, 5.74) is 0. The normalized spacial score (nSPS) is 25.4. The lowest BCUT2D eigenvalue weighted by molar-refractivity contribution is 0.595. The highest BCUT2D eigenvalue weighted by atomic mass is 35.5. The van der Waals surface area contributed by atoms with Gasteiger partial charge in [-0.15, -0.1) is 11.6 Å². The van der Waals surface area contributed by atoms with E-state index in [1.165, 1.54) is 18.7 Å². The van der Waals surface area contributed by atoms with Gasteiger partial charge in [0.2, 0.25) is 0 Å². The van der Waals surface area contributed by atoms with Crippen LogP contribution in [0.4, 0.5) is 10.2 Å². The standard InChI is InChI=1S/C12H15Cl2FN2/c13-8-6-10(15)12(16-7-8)17-11-5-3-1-2-4-9(11)14/h6-7,9,11H,1-5H2,(H,16,17). The first kappa shape index (κ1) is 12.9. The monoisotopic (exact) mass is 276 g/mol. The molecular formula is C12H15Cl2FN2. The SMILES string of the molecule is Fc1cc(Cl)cnc1NC1CCCCCC1Cl. The molecule has 2 unspecified atom stereocenters. The van der Waals surface area contributed by atoms with Gasteiger partial charge in [-0.2, -0.15) is 0 Å². The number of nitrogens with one attached hydrogen (secondary N) is 1. The number of aromatic nitrogens is 1. The first-order valence-corrected chi connectivity index (χ1v) is 6.70. The van der Waals surface area contributed by atoms with Crippen molar-refractivity contribution in [3.05, 3.63) is 23.1 Å². The molecule has 1 aromatic rings. The molecule has 2 nitrogen and oxygen atoms in total. The summed E-state index contributed by atoms with van der Waals surface area (Å²) in [6.45, 7) is 0. The first-order chi connectivity index (χ1) is 8.16. The summed E-state index contributed by atoms with van der Waals surface area (Å²) in [5, 5.41) is 3.43. The number of hydrogen-bond donors (Lipinski definition) is 1. The van der Waals surface area contributed by atoms with E-state index in [9.17, 15) is 4.39 Å². The molecule has 1 aliphatic carbocycles. The number of alkyl halides is 1. The minimum Gasteiger partial charge on any atom is -0.363 e. The van der Waals surface area contributed by atoms with Crippen LogP contribution in [0.5, 0.6) is 0 Å². The van der Waals surface area contributed by atoms with Gasteiger partial charge in [0, 0.05) is 12.2 Å². The van der Waals surface area contributed by atoms with Crippen molar-refractivity contribution in [2.45, 2.75) is 43.5 Å². The Balaban J connectivity index is 2.08. The Hall–Kier alpha value is -0.540. The molecule has 17 heavy (non-hydrogen) atoms. The number of halogens is 3. The first-order valence-electron chi connectivity index (χ1n) is 5.88. The second kappa shape index (κ2) is 5.87. The quantitative estimate of drug-likeness (QED) is 0.646. The maximum absolute atomic E-state index is 13.6. The van der Waals surface area contributed by atoms with E-state index in [1.807, 2.05) is 0 Å². The summed E-state index contributed by atoms with van der Waals surface area (Å²) in [6, 6.07) is 1.35. The fourth-order valence-electron chi connectivity index (χ4n) is 2.12. The van der Waals surface area contributed by atoms with Crippen LogP contribution in [0.1, 0.15) is 32.1 Å². The summed E-state index contributed by atoms with van der Waals surface area (Å²) < 4.78 is 13.6. The van der Waals surface area contributed by atoms with Gasteiger partial charge >= 0.3 is 0 Å². The van der Waals surface area contributed by atoms with Gasteiger partial charge in [-0.25, -0.2) is 9.37 Å². The number of nitrogens with zero attached hydrogens (tertiary/aromatic N) is 1. The Morgan fingerprint density at radius 1 is 1.29 bits per heavy atom. The Morgan fingerprint density at radius 3 is 2.82 bits per heavy atom. The van der Waals surface area contributed by atoms with Crippen LogP contribution in [0, 0.1) is 5.82 Å². The number of pyridine rings is 1. The fraction of sp³-hybridized carbons (Fsp3) is 0.583. The molecule has 0 saturated heterocycles. The predicted octanol–water partition coefficient (Wildman–Crippen LogP) is 4.23. The Kier molecular flexibility index (Phi) is 4.46. The van der Waals surface area contributed by atoms with E-state index < -0.39 is 5.82 Å². The molecule has 0 aliphatic heterocycles. The third kappa shape index (κ3) is 3.46. The van der Waals surface area contributed by atoms with Gasteiger partial charge in [-0.3, -0.25) is 0 Å². The second-order valence-corrected chi connectivity index (χ2v) is 5.39. The fourth-order valence-corrected chi connectivity index (χ4v) is 2.61. The zero-order chi connectivity index (χ0) is 12.3. The van der Waals surface area contributed by atoms with Gasteiger partial charge in [-0.1, -0.05) is 30.9 Å². The number of anilines is 1. The molecule has 0 aromatic carbocycles. The van der Waals surface area contributed by atoms with Crippen molar-refractivity contribution >= 4 is 29.0 Å². The second-order valence-electron chi connectivity index (χ2n) is 4.39. The van der Waals surface area contributed by atoms with Crippen molar-refractivity contribution < 1.29 is 4.39 Å². The van der Waals surface area contributed by atoms with E-state index in [-0.39, 0.29) is 17.2 Å². The largest absolute Gasteiger partial charge is 0.363 e. The molecule has 1 fully saturated rings. The Bertz CT molecular complexity index is 387. The summed E-state index contributed by atoms with van der Waals surface area (Å²) in [6.07, 6.45) is 6.82. The van der Waals surface area contributed by atoms with E-state index in [0.29, 0.717) is 5.02 Å². The summed E-state index contributed by atoms with van der Waals surface area (Å²) in [5.74, 6) is -0.183. The molecule has 0 bridgehead atoms. The van der Waals surface area contributed by atoms with Crippen LogP contribution in [-0.4, -0.2) is 16.4 Å². The van der Waals surface area contributed by atoms with Crippen molar-refractivity contribution in [2.24, 2.45) is 0 Å². The lowest BCUT2D eigenvalue weighted by atomic mass is 10.1. The molecule has 1 N–H and O–H groups in total. The maximum atomic E-state index is 13.6. The highest BCUT2D eigenvalue weighted by molar-refractivity contribution is 6.30. The zero-order valence-electron chi connectivity index (χ0n) is 9.43. The predicted molar refractivity (Wildman–Crippen MR) is 69.3 cm³/mol. The molecule has 0 spiro atoms. The third-order valence-electron chi connectivity index (χ3n) is 3.06. The van der Waals surface area contributed by atoms with Crippen LogP contribution < -0.4 is 5.32 Å². The molecule has 0 amide bonds. The molecule has 1 aromatic heterocycles. The van der Waals surface area contributed by atoms with Crippen molar-refractivity contribution in [3.63, 3.8) is 0 Å². The number of rotatable bonds is 2. The van der Waals surface area contributed by atoms with E-state index >= 15 is 0 Å². The average Bonchev–Trinajstić information content (AvgIpc) is 2.48. The minimum atomic E-state index is -0.425. The summed E-state index contributed by atoms with van der Waals surface area (Å²) >= 11 is 11.9. The van der Waals surface area contributed by atoms with Crippen LogP contribution in [0.25, 0.3) is 0 Å². The van der Waals surface area contributed by atoms with Crippen LogP contribution in [0.2, 0.25) is 5.02 Å². The van der Waals surface area contributed by atoms with Gasteiger partial charge in [-0.05, 0) is 18.9 Å². The topological polar surface area (TPSA) is 24.9 Å². The highest BCUT2D eigenvalue weighted by Crippen LogP contribution is 2.26. The molecule has 1 heterocycles. The summed E-state index contributed by atoms with van der Waals surface area (Å²) in [4.78, 5) is 3.96. The van der Waals surface area contributed by atoms with E-state index in [4.69, 9.17) is 23.2 Å². The Morgan fingerprint density at radius 2 is 2.06 bits per heavy atom. The third-order valence-corrected chi connectivity index (χ3v) is 3.79. The van der Waals surface area contributed by atoms with Crippen molar-refractivity contribution in [3.8, 4) is 0 Å². The van der Waals surface area contributed by atoms with Crippen LogP contribution >= 0.6 is 23.2 Å². The van der Waals surface area contributed by atoms with Gasteiger partial charge in [0.25, 0.3) is 0 Å². The molecule has 2 rings (SSSR count). The van der Waals surface area contributed by atoms with Gasteiger partial charge < -0.3 is 5.32 Å². The van der Waals surface area contributed by atoms with Gasteiger partial charge in [0.1, 0.15) is 0 Å². The Labute approximate surface area is 111 Å². The van der Waals surface area contributed by atoms with Crippen LogP contribution in [0.15, 0.2) is 12.3 Å². The molecule has 1 saturated carbocycles.